The average Bonchev–Trinajstić information content (AvgIpc) is 2.49. The van der Waals surface area contributed by atoms with Gasteiger partial charge < -0.3 is 0 Å². The third-order valence-electron chi connectivity index (χ3n) is 2.22. The third-order valence-corrected chi connectivity index (χ3v) is 2.64. The molecule has 0 saturated heterocycles. The van der Waals surface area contributed by atoms with E-state index in [1.165, 1.54) is 10.9 Å². The summed E-state index contributed by atoms with van der Waals surface area (Å²) in [5.74, 6) is 0. The Hall–Kier alpha value is -1.11. The fourth-order valence-corrected chi connectivity index (χ4v) is 2.01. The molecule has 1 aliphatic rings. The van der Waals surface area contributed by atoms with Crippen LogP contribution in [0.3, 0.4) is 0 Å². The number of fused-ring (bicyclic) bond motifs is 1. The topological polar surface area (TPSA) is 64.0 Å². The maximum atomic E-state index is 13.4. The average molecular weight is 219 g/mol. The van der Waals surface area contributed by atoms with E-state index in [9.17, 15) is 12.8 Å². The van der Waals surface area contributed by atoms with Crippen molar-refractivity contribution < 1.29 is 12.8 Å². The summed E-state index contributed by atoms with van der Waals surface area (Å²) in [5.41, 5.74) is 0.601. The highest BCUT2D eigenvalue weighted by molar-refractivity contribution is 7.73. The summed E-state index contributed by atoms with van der Waals surface area (Å²) in [6, 6.07) is 0. The summed E-state index contributed by atoms with van der Waals surface area (Å²) < 4.78 is 38.0. The predicted molar refractivity (Wildman–Crippen MR) is 49.2 cm³/mol. The van der Waals surface area contributed by atoms with Crippen molar-refractivity contribution in [1.82, 2.24) is 9.78 Å². The molecule has 78 valence electrons. The molecule has 0 fully saturated rings. The fourth-order valence-electron chi connectivity index (χ4n) is 1.64. The first-order valence-electron chi connectivity index (χ1n) is 4.29. The fraction of sp³-hybridized carbons (Fsp3) is 0.571. The number of rotatable bonds is 2. The number of aromatic nitrogens is 2. The molecule has 1 atom stereocenters. The third kappa shape index (κ3) is 1.59. The molecule has 1 aliphatic heterocycles. The molecular weight excluding hydrogens is 209 g/mol. The maximum Gasteiger partial charge on any atom is 0.222 e. The van der Waals surface area contributed by atoms with Crippen LogP contribution in [0.4, 0.5) is 10.1 Å². The lowest BCUT2D eigenvalue weighted by Gasteiger charge is -2.18. The zero-order valence-corrected chi connectivity index (χ0v) is 8.21. The molecule has 1 aromatic rings. The first-order chi connectivity index (χ1) is 6.68. The van der Waals surface area contributed by atoms with Crippen molar-refractivity contribution in [2.75, 3.05) is 4.72 Å². The van der Waals surface area contributed by atoms with Gasteiger partial charge in [0.1, 0.15) is 6.17 Å². The van der Waals surface area contributed by atoms with Gasteiger partial charge in [0.2, 0.25) is 10.9 Å². The van der Waals surface area contributed by atoms with E-state index < -0.39 is 17.1 Å². The zero-order chi connectivity index (χ0) is 10.1. The van der Waals surface area contributed by atoms with Gasteiger partial charge >= 0.3 is 0 Å². The summed E-state index contributed by atoms with van der Waals surface area (Å²) in [5, 5.41) is 3.91. The quantitative estimate of drug-likeness (QED) is 0.717. The van der Waals surface area contributed by atoms with Crippen LogP contribution in [0.1, 0.15) is 24.7 Å². The van der Waals surface area contributed by atoms with E-state index in [1.807, 2.05) is 0 Å². The van der Waals surface area contributed by atoms with Gasteiger partial charge in [0.05, 0.1) is 17.6 Å². The maximum absolute atomic E-state index is 13.4. The van der Waals surface area contributed by atoms with E-state index in [0.29, 0.717) is 18.7 Å². The molecule has 0 aromatic carbocycles. The lowest BCUT2D eigenvalue weighted by molar-refractivity contribution is 0.260. The summed E-state index contributed by atoms with van der Waals surface area (Å²) in [7, 11) is -2.76. The molecule has 7 heteroatoms. The van der Waals surface area contributed by atoms with Crippen molar-refractivity contribution >= 4 is 16.6 Å². The minimum Gasteiger partial charge on any atom is -0.282 e. The van der Waals surface area contributed by atoms with Crippen LogP contribution in [0.5, 0.6) is 0 Å². The van der Waals surface area contributed by atoms with Crippen LogP contribution >= 0.6 is 0 Å². The van der Waals surface area contributed by atoms with Gasteiger partial charge in [-0.25, -0.2) is 12.8 Å². The van der Waals surface area contributed by atoms with E-state index in [1.54, 1.807) is 0 Å². The molecule has 0 aliphatic carbocycles. The molecule has 1 unspecified atom stereocenters. The number of hydrogen-bond donors (Lipinski definition) is 2. The minimum atomic E-state index is -2.76. The number of thiol groups is 1. The second-order valence-electron chi connectivity index (χ2n) is 3.15. The number of nitrogens with zero attached hydrogens (tertiary/aromatic N) is 2. The van der Waals surface area contributed by atoms with Crippen molar-refractivity contribution in [3.05, 3.63) is 11.9 Å². The lowest BCUT2D eigenvalue weighted by atomic mass is 10.1. The van der Waals surface area contributed by atoms with Crippen molar-refractivity contribution in [1.29, 1.82) is 0 Å². The molecule has 0 spiro atoms. The highest BCUT2D eigenvalue weighted by Crippen LogP contribution is 2.33. The Labute approximate surface area is 82.0 Å². The highest BCUT2D eigenvalue weighted by Gasteiger charge is 2.24. The number of halogens is 1. The van der Waals surface area contributed by atoms with Crippen LogP contribution in [0.2, 0.25) is 0 Å². The van der Waals surface area contributed by atoms with Gasteiger partial charge in [-0.2, -0.15) is 5.10 Å². The van der Waals surface area contributed by atoms with E-state index >= 15 is 0 Å². The molecule has 1 N–H and O–H groups in total. The van der Waals surface area contributed by atoms with Crippen LogP contribution in [-0.2, 0) is 17.4 Å². The number of hydrogen-bond acceptors (Lipinski definition) is 3. The Bertz CT molecular complexity index is 407. The van der Waals surface area contributed by atoms with E-state index in [0.717, 1.165) is 6.42 Å². The van der Waals surface area contributed by atoms with Gasteiger partial charge in [-0.05, 0) is 12.8 Å². The minimum absolute atomic E-state index is 0.258. The zero-order valence-electron chi connectivity index (χ0n) is 7.31. The Balaban J connectivity index is 2.38. The van der Waals surface area contributed by atoms with Gasteiger partial charge in [0, 0.05) is 6.54 Å². The molecule has 0 bridgehead atoms. The lowest BCUT2D eigenvalue weighted by Crippen LogP contribution is -2.14. The number of nitrogens with one attached hydrogen (secondary N) is 1. The van der Waals surface area contributed by atoms with Gasteiger partial charge in [0.25, 0.3) is 0 Å². The molecule has 0 amide bonds. The molecule has 5 nitrogen and oxygen atoms in total. The highest BCUT2D eigenvalue weighted by atomic mass is 32.2. The standard InChI is InChI=1S/C7H10FN3O2S/c8-5-2-1-3-11-7(5)6(4-9-11)10-14(12)13/h4-5,14H,1-3H2,(H,10,12,13). The van der Waals surface area contributed by atoms with Crippen LogP contribution in [0.25, 0.3) is 0 Å². The second kappa shape index (κ2) is 3.56. The van der Waals surface area contributed by atoms with E-state index in [4.69, 9.17) is 0 Å². The van der Waals surface area contributed by atoms with Crippen molar-refractivity contribution in [3.63, 3.8) is 0 Å². The van der Waals surface area contributed by atoms with Crippen LogP contribution < -0.4 is 4.72 Å². The van der Waals surface area contributed by atoms with Crippen LogP contribution in [0, 0.1) is 0 Å². The molecule has 2 heterocycles. The smallest absolute Gasteiger partial charge is 0.222 e. The largest absolute Gasteiger partial charge is 0.282 e. The van der Waals surface area contributed by atoms with E-state index in [-0.39, 0.29) is 5.69 Å². The van der Waals surface area contributed by atoms with Gasteiger partial charge in [-0.3, -0.25) is 9.40 Å². The molecular formula is C7H10FN3O2S. The summed E-state index contributed by atoms with van der Waals surface area (Å²) in [4.78, 5) is 0. The molecule has 0 saturated carbocycles. The Morgan fingerprint density at radius 3 is 3.14 bits per heavy atom. The van der Waals surface area contributed by atoms with Crippen molar-refractivity contribution in [2.45, 2.75) is 25.6 Å². The van der Waals surface area contributed by atoms with Crippen LogP contribution in [0.15, 0.2) is 6.20 Å². The normalized spacial score (nSPS) is 20.9. The van der Waals surface area contributed by atoms with Gasteiger partial charge in [-0.1, -0.05) is 0 Å². The SMILES string of the molecule is O=[SH](=O)Nc1cnn2c1C(F)CCC2. The molecule has 1 aromatic heterocycles. The van der Waals surface area contributed by atoms with Gasteiger partial charge in [-0.15, -0.1) is 0 Å². The molecule has 14 heavy (non-hydrogen) atoms. The van der Waals surface area contributed by atoms with Gasteiger partial charge in [0.15, 0.2) is 0 Å². The molecule has 0 radical (unpaired) electrons. The number of anilines is 1. The summed E-state index contributed by atoms with van der Waals surface area (Å²) in [6.45, 7) is 0.646. The number of aryl methyl sites for hydroxylation is 1. The van der Waals surface area contributed by atoms with E-state index in [2.05, 4.69) is 9.82 Å². The monoisotopic (exact) mass is 219 g/mol. The Kier molecular flexibility index (Phi) is 2.40. The summed E-state index contributed by atoms with van der Waals surface area (Å²) >= 11 is 0. The van der Waals surface area contributed by atoms with Crippen LogP contribution in [-0.4, -0.2) is 18.2 Å². The molecule has 2 rings (SSSR count). The van der Waals surface area contributed by atoms with Crippen molar-refractivity contribution in [3.8, 4) is 0 Å². The Morgan fingerprint density at radius 1 is 1.64 bits per heavy atom. The summed E-state index contributed by atoms with van der Waals surface area (Å²) in [6.07, 6.45) is 1.39. The number of alkyl halides is 1. The predicted octanol–water partition coefficient (Wildman–Crippen LogP) is 0.626. The Morgan fingerprint density at radius 2 is 2.43 bits per heavy atom. The first kappa shape index (κ1) is 9.45. The van der Waals surface area contributed by atoms with Crippen molar-refractivity contribution in [2.24, 2.45) is 0 Å². The second-order valence-corrected chi connectivity index (χ2v) is 3.88. The first-order valence-corrected chi connectivity index (χ1v) is 5.47.